The van der Waals surface area contributed by atoms with E-state index in [4.69, 9.17) is 4.99 Å². The van der Waals surface area contributed by atoms with E-state index in [1.807, 2.05) is 0 Å². The van der Waals surface area contributed by atoms with Crippen molar-refractivity contribution in [3.63, 3.8) is 0 Å². The van der Waals surface area contributed by atoms with E-state index in [0.717, 1.165) is 63.8 Å². The van der Waals surface area contributed by atoms with Crippen LogP contribution in [0.3, 0.4) is 0 Å². The number of nitrogens with zero attached hydrogens (tertiary/aromatic N) is 3. The molecule has 1 aliphatic heterocycles. The van der Waals surface area contributed by atoms with Gasteiger partial charge >= 0.3 is 0 Å². The van der Waals surface area contributed by atoms with Gasteiger partial charge < -0.3 is 10.6 Å². The number of aliphatic imine (C=N–C) groups is 1. The number of nitrogens with one attached hydrogen (secondary N) is 2. The normalized spacial score (nSPS) is 14.8. The number of guanidine groups is 1. The predicted molar refractivity (Wildman–Crippen MR) is 119 cm³/mol. The Morgan fingerprint density at radius 2 is 2.04 bits per heavy atom. The second-order valence-electron chi connectivity index (χ2n) is 7.34. The monoisotopic (exact) mass is 399 g/mol. The van der Waals surface area contributed by atoms with Gasteiger partial charge in [0.25, 0.3) is 0 Å². The van der Waals surface area contributed by atoms with Crippen LogP contribution in [0.15, 0.2) is 29.3 Å². The van der Waals surface area contributed by atoms with Crippen LogP contribution in [0.2, 0.25) is 0 Å². The maximum absolute atomic E-state index is 4.75. The molecule has 0 bridgehead atoms. The van der Waals surface area contributed by atoms with E-state index in [2.05, 4.69) is 65.6 Å². The van der Waals surface area contributed by atoms with Crippen LogP contribution >= 0.6 is 11.3 Å². The molecule has 0 atom stereocenters. The van der Waals surface area contributed by atoms with Crippen LogP contribution in [0.25, 0.3) is 0 Å². The summed E-state index contributed by atoms with van der Waals surface area (Å²) >= 11 is 1.79. The fraction of sp³-hybridized carbons (Fsp3) is 0.545. The van der Waals surface area contributed by atoms with Crippen molar-refractivity contribution < 1.29 is 0 Å². The van der Waals surface area contributed by atoms with E-state index in [1.54, 1.807) is 11.3 Å². The number of aryl methyl sites for hydroxylation is 2. The van der Waals surface area contributed by atoms with Crippen LogP contribution in [0, 0.1) is 13.8 Å². The number of aromatic nitrogens is 1. The van der Waals surface area contributed by atoms with Crippen molar-refractivity contribution in [2.45, 2.75) is 46.6 Å². The molecule has 0 amide bonds. The van der Waals surface area contributed by atoms with Crippen molar-refractivity contribution in [3.05, 3.63) is 51.0 Å². The van der Waals surface area contributed by atoms with Gasteiger partial charge in [-0.2, -0.15) is 0 Å². The standard InChI is InChI=1S/C22H33N5S/c1-4-23-22(25-13-10-21-26-17(2)18(3)28-21)24-12-7-14-27-15-11-19-8-5-6-9-20(19)16-27/h5-6,8-9H,4,7,10-16H2,1-3H3,(H2,23,24,25). The van der Waals surface area contributed by atoms with E-state index < -0.39 is 0 Å². The van der Waals surface area contributed by atoms with E-state index in [1.165, 1.54) is 27.4 Å². The molecule has 0 unspecified atom stereocenters. The van der Waals surface area contributed by atoms with Crippen LogP contribution in [-0.2, 0) is 19.4 Å². The Bertz CT molecular complexity index is 763. The molecule has 0 radical (unpaired) electrons. The average Bonchev–Trinajstić information content (AvgIpc) is 3.02. The van der Waals surface area contributed by atoms with Gasteiger partial charge in [0, 0.05) is 50.6 Å². The minimum Gasteiger partial charge on any atom is -0.357 e. The summed E-state index contributed by atoms with van der Waals surface area (Å²) in [7, 11) is 0. The average molecular weight is 400 g/mol. The highest BCUT2D eigenvalue weighted by molar-refractivity contribution is 7.11. The van der Waals surface area contributed by atoms with Gasteiger partial charge in [0.05, 0.1) is 10.7 Å². The van der Waals surface area contributed by atoms with E-state index in [9.17, 15) is 0 Å². The maximum atomic E-state index is 4.75. The molecule has 2 N–H and O–H groups in total. The third-order valence-corrected chi connectivity index (χ3v) is 6.29. The highest BCUT2D eigenvalue weighted by Gasteiger charge is 2.14. The number of fused-ring (bicyclic) bond motifs is 1. The Hall–Kier alpha value is -1.92. The minimum absolute atomic E-state index is 0.850. The van der Waals surface area contributed by atoms with Crippen molar-refractivity contribution in [1.82, 2.24) is 20.5 Å². The van der Waals surface area contributed by atoms with Gasteiger partial charge in [-0.3, -0.25) is 9.89 Å². The van der Waals surface area contributed by atoms with Crippen LogP contribution in [-0.4, -0.2) is 48.6 Å². The first kappa shape index (κ1) is 20.8. The molecule has 2 aromatic rings. The van der Waals surface area contributed by atoms with Crippen molar-refractivity contribution >= 4 is 17.3 Å². The lowest BCUT2D eigenvalue weighted by Crippen LogP contribution is -2.38. The zero-order chi connectivity index (χ0) is 19.8. The van der Waals surface area contributed by atoms with Gasteiger partial charge in [0.2, 0.25) is 0 Å². The molecule has 6 heteroatoms. The molecule has 5 nitrogen and oxygen atoms in total. The number of rotatable bonds is 8. The minimum atomic E-state index is 0.850. The maximum Gasteiger partial charge on any atom is 0.191 e. The number of thiazole rings is 1. The summed E-state index contributed by atoms with van der Waals surface area (Å²) in [5.41, 5.74) is 4.15. The first-order valence-electron chi connectivity index (χ1n) is 10.4. The van der Waals surface area contributed by atoms with Crippen LogP contribution < -0.4 is 10.6 Å². The van der Waals surface area contributed by atoms with Gasteiger partial charge in [-0.05, 0) is 44.7 Å². The fourth-order valence-electron chi connectivity index (χ4n) is 3.51. The lowest BCUT2D eigenvalue weighted by molar-refractivity contribution is 0.252. The Morgan fingerprint density at radius 1 is 1.21 bits per heavy atom. The summed E-state index contributed by atoms with van der Waals surface area (Å²) in [6.07, 6.45) is 3.19. The molecule has 1 aromatic heterocycles. The van der Waals surface area contributed by atoms with Crippen molar-refractivity contribution in [1.29, 1.82) is 0 Å². The molecule has 2 heterocycles. The molecule has 0 aliphatic carbocycles. The molecule has 0 saturated carbocycles. The Kier molecular flexibility index (Phi) is 7.86. The highest BCUT2D eigenvalue weighted by atomic mass is 32.1. The van der Waals surface area contributed by atoms with Crippen LogP contribution in [0.4, 0.5) is 0 Å². The van der Waals surface area contributed by atoms with Gasteiger partial charge in [-0.15, -0.1) is 11.3 Å². The smallest absolute Gasteiger partial charge is 0.191 e. The zero-order valence-electron chi connectivity index (χ0n) is 17.4. The van der Waals surface area contributed by atoms with E-state index >= 15 is 0 Å². The van der Waals surface area contributed by atoms with E-state index in [0.29, 0.717) is 0 Å². The summed E-state index contributed by atoms with van der Waals surface area (Å²) in [4.78, 5) is 13.2. The molecule has 0 fully saturated rings. The molecule has 28 heavy (non-hydrogen) atoms. The van der Waals surface area contributed by atoms with E-state index in [-0.39, 0.29) is 0 Å². The third-order valence-electron chi connectivity index (χ3n) is 5.16. The molecule has 3 rings (SSSR count). The third kappa shape index (κ3) is 6.04. The number of hydrogen-bond donors (Lipinski definition) is 2. The summed E-state index contributed by atoms with van der Waals surface area (Å²) in [5.74, 6) is 0.913. The molecule has 1 aromatic carbocycles. The molecule has 0 spiro atoms. The summed E-state index contributed by atoms with van der Waals surface area (Å²) in [6, 6.07) is 8.82. The summed E-state index contributed by atoms with van der Waals surface area (Å²) in [6.45, 7) is 12.3. The van der Waals surface area contributed by atoms with Gasteiger partial charge in [-0.25, -0.2) is 4.98 Å². The zero-order valence-corrected chi connectivity index (χ0v) is 18.2. The second kappa shape index (κ2) is 10.6. The summed E-state index contributed by atoms with van der Waals surface area (Å²) in [5, 5.41) is 7.98. The fourth-order valence-corrected chi connectivity index (χ4v) is 4.44. The lowest BCUT2D eigenvalue weighted by Gasteiger charge is -2.28. The first-order chi connectivity index (χ1) is 13.7. The Balaban J connectivity index is 1.39. The predicted octanol–water partition coefficient (Wildman–Crippen LogP) is 3.31. The van der Waals surface area contributed by atoms with Gasteiger partial charge in [0.1, 0.15) is 0 Å². The van der Waals surface area contributed by atoms with Crippen molar-refractivity contribution in [3.8, 4) is 0 Å². The molecule has 0 saturated heterocycles. The number of benzene rings is 1. The Labute approximate surface area is 173 Å². The Morgan fingerprint density at radius 3 is 2.79 bits per heavy atom. The summed E-state index contributed by atoms with van der Waals surface area (Å²) < 4.78 is 0. The second-order valence-corrected chi connectivity index (χ2v) is 8.62. The molecular weight excluding hydrogens is 366 g/mol. The first-order valence-corrected chi connectivity index (χ1v) is 11.2. The van der Waals surface area contributed by atoms with Crippen LogP contribution in [0.1, 0.15) is 40.1 Å². The largest absolute Gasteiger partial charge is 0.357 e. The van der Waals surface area contributed by atoms with Crippen molar-refractivity contribution in [2.75, 3.05) is 32.7 Å². The lowest BCUT2D eigenvalue weighted by atomic mass is 10.00. The molecular formula is C22H33N5S. The highest BCUT2D eigenvalue weighted by Crippen LogP contribution is 2.18. The molecule has 152 valence electrons. The van der Waals surface area contributed by atoms with Gasteiger partial charge in [0.15, 0.2) is 5.96 Å². The van der Waals surface area contributed by atoms with Crippen LogP contribution in [0.5, 0.6) is 0 Å². The quantitative estimate of drug-likeness (QED) is 0.406. The van der Waals surface area contributed by atoms with Crippen molar-refractivity contribution in [2.24, 2.45) is 4.99 Å². The SMILES string of the molecule is CCNC(=NCCCN1CCc2ccccc2C1)NCCc1nc(C)c(C)s1. The topological polar surface area (TPSA) is 52.6 Å². The van der Waals surface area contributed by atoms with Gasteiger partial charge in [-0.1, -0.05) is 24.3 Å². The number of hydrogen-bond acceptors (Lipinski definition) is 4. The molecule has 1 aliphatic rings.